The molecule has 2 atom stereocenters. The van der Waals surface area contributed by atoms with E-state index in [0.717, 1.165) is 0 Å². The number of nitrogens with one attached hydrogen (secondary N) is 1. The Hall–Kier alpha value is -0.640. The van der Waals surface area contributed by atoms with Crippen molar-refractivity contribution >= 4 is 5.91 Å². The molecule has 88 valence electrons. The zero-order chi connectivity index (χ0) is 11.7. The Labute approximate surface area is 90.4 Å². The van der Waals surface area contributed by atoms with Gasteiger partial charge in [0.1, 0.15) is 6.10 Å². The molecule has 1 amide bonds. The number of hydrogen-bond acceptors (Lipinski definition) is 2. The Morgan fingerprint density at radius 1 is 1.53 bits per heavy atom. The summed E-state index contributed by atoms with van der Waals surface area (Å²) in [5.74, 6) is -0.542. The third-order valence-electron chi connectivity index (χ3n) is 2.67. The van der Waals surface area contributed by atoms with E-state index in [-0.39, 0.29) is 6.42 Å². The molecule has 2 unspecified atom stereocenters. The lowest BCUT2D eigenvalue weighted by Gasteiger charge is -2.29. The first-order valence-corrected chi connectivity index (χ1v) is 5.34. The van der Waals surface area contributed by atoms with Crippen molar-refractivity contribution in [1.82, 2.24) is 5.32 Å². The zero-order valence-corrected chi connectivity index (χ0v) is 9.89. The number of ether oxygens (including phenoxy) is 1. The highest BCUT2D eigenvalue weighted by molar-refractivity contribution is 5.86. The lowest BCUT2D eigenvalue weighted by atomic mass is 9.98. The van der Waals surface area contributed by atoms with E-state index in [4.69, 9.17) is 4.74 Å². The molecule has 0 bridgehead atoms. The van der Waals surface area contributed by atoms with Gasteiger partial charge < -0.3 is 10.1 Å². The van der Waals surface area contributed by atoms with Gasteiger partial charge in [-0.2, -0.15) is 0 Å². The molecule has 1 N–H and O–H groups in total. The van der Waals surface area contributed by atoms with E-state index in [1.165, 1.54) is 7.11 Å². The maximum absolute atomic E-state index is 14.4. The van der Waals surface area contributed by atoms with Gasteiger partial charge in [-0.25, -0.2) is 4.39 Å². The molecule has 0 spiro atoms. The van der Waals surface area contributed by atoms with Gasteiger partial charge in [0.2, 0.25) is 5.67 Å². The SMILES string of the molecule is COC1CCCC1(F)C(=O)NC(C)(C)C. The number of rotatable bonds is 2. The van der Waals surface area contributed by atoms with Gasteiger partial charge in [0.15, 0.2) is 0 Å². The summed E-state index contributed by atoms with van der Waals surface area (Å²) in [5.41, 5.74) is -2.25. The normalized spacial score (nSPS) is 31.7. The molecule has 1 rings (SSSR count). The summed E-state index contributed by atoms with van der Waals surface area (Å²) in [5, 5.41) is 2.67. The molecule has 1 saturated carbocycles. The lowest BCUT2D eigenvalue weighted by molar-refractivity contribution is -0.141. The van der Waals surface area contributed by atoms with E-state index < -0.39 is 23.2 Å². The number of alkyl halides is 1. The van der Waals surface area contributed by atoms with Crippen LogP contribution in [0.1, 0.15) is 40.0 Å². The molecule has 0 aromatic carbocycles. The molecule has 0 radical (unpaired) electrons. The van der Waals surface area contributed by atoms with Crippen molar-refractivity contribution in [2.24, 2.45) is 0 Å². The molecular formula is C11H20FNO2. The molecule has 1 aliphatic carbocycles. The Balaban J connectivity index is 2.73. The predicted molar refractivity (Wildman–Crippen MR) is 56.4 cm³/mol. The van der Waals surface area contributed by atoms with E-state index in [9.17, 15) is 9.18 Å². The van der Waals surface area contributed by atoms with Gasteiger partial charge in [-0.1, -0.05) is 0 Å². The van der Waals surface area contributed by atoms with Crippen molar-refractivity contribution in [3.8, 4) is 0 Å². The van der Waals surface area contributed by atoms with Gasteiger partial charge >= 0.3 is 0 Å². The smallest absolute Gasteiger partial charge is 0.260 e. The minimum atomic E-state index is -1.85. The fourth-order valence-corrected chi connectivity index (χ4v) is 1.94. The van der Waals surface area contributed by atoms with Crippen LogP contribution in [0.2, 0.25) is 0 Å². The van der Waals surface area contributed by atoms with Crippen LogP contribution in [0.25, 0.3) is 0 Å². The first-order valence-electron chi connectivity index (χ1n) is 5.34. The van der Waals surface area contributed by atoms with Crippen molar-refractivity contribution in [3.05, 3.63) is 0 Å². The highest BCUT2D eigenvalue weighted by Crippen LogP contribution is 2.36. The summed E-state index contributed by atoms with van der Waals surface area (Å²) in [6.07, 6.45) is 0.977. The van der Waals surface area contributed by atoms with Crippen LogP contribution in [0, 0.1) is 0 Å². The third-order valence-corrected chi connectivity index (χ3v) is 2.67. The Kier molecular flexibility index (Phi) is 3.38. The molecule has 3 nitrogen and oxygen atoms in total. The monoisotopic (exact) mass is 217 g/mol. The standard InChI is InChI=1S/C11H20FNO2/c1-10(2,3)13-9(14)11(12)7-5-6-8(11)15-4/h8H,5-7H2,1-4H3,(H,13,14). The molecule has 0 aromatic heterocycles. The quantitative estimate of drug-likeness (QED) is 0.766. The summed E-state index contributed by atoms with van der Waals surface area (Å²) < 4.78 is 19.4. The van der Waals surface area contributed by atoms with Crippen LogP contribution in [0.3, 0.4) is 0 Å². The maximum atomic E-state index is 14.4. The number of methoxy groups -OCH3 is 1. The Morgan fingerprint density at radius 2 is 2.13 bits per heavy atom. The number of amides is 1. The fraction of sp³-hybridized carbons (Fsp3) is 0.909. The van der Waals surface area contributed by atoms with Crippen LogP contribution >= 0.6 is 0 Å². The van der Waals surface area contributed by atoms with Gasteiger partial charge in [-0.3, -0.25) is 4.79 Å². The van der Waals surface area contributed by atoms with Crippen LogP contribution < -0.4 is 5.32 Å². The summed E-state index contributed by atoms with van der Waals surface area (Å²) in [6, 6.07) is 0. The highest BCUT2D eigenvalue weighted by Gasteiger charge is 2.50. The van der Waals surface area contributed by atoms with Crippen molar-refractivity contribution in [3.63, 3.8) is 0 Å². The Bertz CT molecular complexity index is 249. The first kappa shape index (κ1) is 12.4. The Morgan fingerprint density at radius 3 is 2.60 bits per heavy atom. The average Bonchev–Trinajstić information content (AvgIpc) is 2.45. The predicted octanol–water partition coefficient (Wildman–Crippen LogP) is 1.81. The van der Waals surface area contributed by atoms with Crippen molar-refractivity contribution in [2.75, 3.05) is 7.11 Å². The van der Waals surface area contributed by atoms with Crippen molar-refractivity contribution in [1.29, 1.82) is 0 Å². The largest absolute Gasteiger partial charge is 0.378 e. The van der Waals surface area contributed by atoms with Gasteiger partial charge in [-0.15, -0.1) is 0 Å². The van der Waals surface area contributed by atoms with Crippen LogP contribution in [-0.2, 0) is 9.53 Å². The van der Waals surface area contributed by atoms with Crippen LogP contribution in [0.5, 0.6) is 0 Å². The molecule has 1 fully saturated rings. The van der Waals surface area contributed by atoms with Gasteiger partial charge in [0.05, 0.1) is 0 Å². The van der Waals surface area contributed by atoms with Crippen LogP contribution in [0.4, 0.5) is 4.39 Å². The van der Waals surface area contributed by atoms with Crippen molar-refractivity contribution < 1.29 is 13.9 Å². The number of carbonyl (C=O) groups excluding carboxylic acids is 1. The van der Waals surface area contributed by atoms with Gasteiger partial charge in [-0.05, 0) is 40.0 Å². The molecule has 4 heteroatoms. The summed E-state index contributed by atoms with van der Waals surface area (Å²) in [6.45, 7) is 5.51. The fourth-order valence-electron chi connectivity index (χ4n) is 1.94. The van der Waals surface area contributed by atoms with Crippen molar-refractivity contribution in [2.45, 2.75) is 57.3 Å². The van der Waals surface area contributed by atoms with E-state index in [2.05, 4.69) is 5.32 Å². The second-order valence-electron chi connectivity index (χ2n) is 5.18. The van der Waals surface area contributed by atoms with Gasteiger partial charge in [0, 0.05) is 12.6 Å². The van der Waals surface area contributed by atoms with E-state index in [0.29, 0.717) is 12.8 Å². The summed E-state index contributed by atoms with van der Waals surface area (Å²) in [4.78, 5) is 11.8. The average molecular weight is 217 g/mol. The molecule has 1 aliphatic rings. The number of hydrogen-bond donors (Lipinski definition) is 1. The molecule has 0 aromatic rings. The minimum absolute atomic E-state index is 0.257. The molecule has 0 aliphatic heterocycles. The second-order valence-corrected chi connectivity index (χ2v) is 5.18. The van der Waals surface area contributed by atoms with E-state index in [1.807, 2.05) is 20.8 Å². The van der Waals surface area contributed by atoms with E-state index in [1.54, 1.807) is 0 Å². The second kappa shape index (κ2) is 4.08. The summed E-state index contributed by atoms with van der Waals surface area (Å²) in [7, 11) is 1.45. The lowest BCUT2D eigenvalue weighted by Crippen LogP contribution is -2.54. The third kappa shape index (κ3) is 2.68. The minimum Gasteiger partial charge on any atom is -0.378 e. The van der Waals surface area contributed by atoms with Crippen LogP contribution in [-0.4, -0.2) is 30.3 Å². The zero-order valence-electron chi connectivity index (χ0n) is 9.89. The highest BCUT2D eigenvalue weighted by atomic mass is 19.1. The maximum Gasteiger partial charge on any atom is 0.260 e. The molecule has 0 heterocycles. The summed E-state index contributed by atoms with van der Waals surface area (Å²) >= 11 is 0. The first-order chi connectivity index (χ1) is 6.79. The number of halogens is 1. The van der Waals surface area contributed by atoms with E-state index >= 15 is 0 Å². The molecule has 0 saturated heterocycles. The van der Waals surface area contributed by atoms with Gasteiger partial charge in [0.25, 0.3) is 5.91 Å². The van der Waals surface area contributed by atoms with Crippen LogP contribution in [0.15, 0.2) is 0 Å². The number of carbonyl (C=O) groups is 1. The molecular weight excluding hydrogens is 197 g/mol. The topological polar surface area (TPSA) is 38.3 Å². The molecule has 15 heavy (non-hydrogen) atoms.